The van der Waals surface area contributed by atoms with Gasteiger partial charge in [0.05, 0.1) is 13.2 Å². The molecule has 5 nitrogen and oxygen atoms in total. The molecule has 1 fully saturated rings. The van der Waals surface area contributed by atoms with Crippen LogP contribution in [0.15, 0.2) is 29.0 Å². The summed E-state index contributed by atoms with van der Waals surface area (Å²) in [4.78, 5) is 0. The highest BCUT2D eigenvalue weighted by molar-refractivity contribution is 5.64. The topological polar surface area (TPSA) is 60.2 Å². The molecule has 1 aliphatic rings. The minimum atomic E-state index is 0.243. The molecule has 3 rings (SSSR count). The van der Waals surface area contributed by atoms with Gasteiger partial charge in [-0.1, -0.05) is 13.0 Å². The lowest BCUT2D eigenvalue weighted by Crippen LogP contribution is -2.45. The molecule has 0 amide bonds. The molecule has 1 N–H and O–H groups in total. The van der Waals surface area contributed by atoms with Gasteiger partial charge in [0, 0.05) is 23.2 Å². The molecule has 0 spiro atoms. The molecule has 0 radical (unpaired) electrons. The Hall–Kier alpha value is -1.88. The molecule has 19 heavy (non-hydrogen) atoms. The zero-order chi connectivity index (χ0) is 13.3. The molecule has 0 bridgehead atoms. The summed E-state index contributed by atoms with van der Waals surface area (Å²) >= 11 is 0. The van der Waals surface area contributed by atoms with E-state index in [2.05, 4.69) is 35.4 Å². The van der Waals surface area contributed by atoms with Crippen LogP contribution in [0.3, 0.4) is 0 Å². The highest BCUT2D eigenvalue weighted by atomic mass is 16.5. The van der Waals surface area contributed by atoms with E-state index >= 15 is 0 Å². The van der Waals surface area contributed by atoms with Gasteiger partial charge in [0.2, 0.25) is 12.3 Å². The van der Waals surface area contributed by atoms with Crippen molar-refractivity contribution < 1.29 is 9.15 Å². The Kier molecular flexibility index (Phi) is 2.98. The van der Waals surface area contributed by atoms with Crippen molar-refractivity contribution in [3.05, 3.63) is 30.2 Å². The summed E-state index contributed by atoms with van der Waals surface area (Å²) in [5.41, 5.74) is 3.48. The molecular formula is C14H17N3O2. The van der Waals surface area contributed by atoms with Crippen molar-refractivity contribution >= 4 is 5.69 Å². The second kappa shape index (κ2) is 4.66. The minimum absolute atomic E-state index is 0.243. The second-order valence-electron chi connectivity index (χ2n) is 5.43. The molecular weight excluding hydrogens is 242 g/mol. The highest BCUT2D eigenvalue weighted by Crippen LogP contribution is 2.29. The van der Waals surface area contributed by atoms with Crippen molar-refractivity contribution in [2.45, 2.75) is 13.8 Å². The van der Waals surface area contributed by atoms with Gasteiger partial charge in [0.15, 0.2) is 0 Å². The molecule has 1 aliphatic heterocycles. The second-order valence-corrected chi connectivity index (χ2v) is 5.43. The normalized spacial score (nSPS) is 16.9. The maximum absolute atomic E-state index is 5.27. The first-order chi connectivity index (χ1) is 9.16. The first-order valence-electron chi connectivity index (χ1n) is 6.35. The van der Waals surface area contributed by atoms with Crippen LogP contribution in [0.1, 0.15) is 12.5 Å². The minimum Gasteiger partial charge on any atom is -0.423 e. The van der Waals surface area contributed by atoms with Gasteiger partial charge in [-0.15, -0.1) is 10.2 Å². The zero-order valence-corrected chi connectivity index (χ0v) is 11.1. The Morgan fingerprint density at radius 2 is 2.21 bits per heavy atom. The number of nitrogens with zero attached hydrogens (tertiary/aromatic N) is 2. The third-order valence-electron chi connectivity index (χ3n) is 3.45. The van der Waals surface area contributed by atoms with Crippen molar-refractivity contribution in [1.82, 2.24) is 10.2 Å². The number of aryl methyl sites for hydroxylation is 1. The fourth-order valence-corrected chi connectivity index (χ4v) is 2.11. The Morgan fingerprint density at radius 3 is 2.84 bits per heavy atom. The number of ether oxygens (including phenoxy) is 1. The fourth-order valence-electron chi connectivity index (χ4n) is 2.11. The van der Waals surface area contributed by atoms with Gasteiger partial charge >= 0.3 is 0 Å². The van der Waals surface area contributed by atoms with Crippen LogP contribution in [0, 0.1) is 12.3 Å². The molecule has 0 saturated carbocycles. The summed E-state index contributed by atoms with van der Waals surface area (Å²) in [6, 6.07) is 6.09. The molecule has 1 aromatic carbocycles. The lowest BCUT2D eigenvalue weighted by atomic mass is 9.88. The van der Waals surface area contributed by atoms with E-state index in [1.54, 1.807) is 0 Å². The Balaban J connectivity index is 1.78. The number of hydrogen-bond acceptors (Lipinski definition) is 5. The molecule has 5 heteroatoms. The van der Waals surface area contributed by atoms with E-state index in [0.717, 1.165) is 31.0 Å². The Morgan fingerprint density at radius 1 is 1.37 bits per heavy atom. The smallest absolute Gasteiger partial charge is 0.247 e. The highest BCUT2D eigenvalue weighted by Gasteiger charge is 2.33. The van der Waals surface area contributed by atoms with Crippen LogP contribution >= 0.6 is 0 Å². The van der Waals surface area contributed by atoms with Gasteiger partial charge in [-0.2, -0.15) is 0 Å². The number of aromatic nitrogens is 2. The van der Waals surface area contributed by atoms with Crippen molar-refractivity contribution in [2.24, 2.45) is 5.41 Å². The van der Waals surface area contributed by atoms with Gasteiger partial charge in [-0.25, -0.2) is 0 Å². The predicted octanol–water partition coefficient (Wildman–Crippen LogP) is 2.49. The van der Waals surface area contributed by atoms with E-state index in [-0.39, 0.29) is 5.41 Å². The summed E-state index contributed by atoms with van der Waals surface area (Å²) in [5.74, 6) is 0.543. The van der Waals surface area contributed by atoms with Gasteiger partial charge in [0.1, 0.15) is 0 Å². The first-order valence-corrected chi connectivity index (χ1v) is 6.35. The largest absolute Gasteiger partial charge is 0.423 e. The molecule has 0 unspecified atom stereocenters. The SMILES string of the molecule is Cc1ccc(-c2nnco2)cc1NCC1(C)COC1. The van der Waals surface area contributed by atoms with Crippen LogP contribution in [-0.4, -0.2) is 30.0 Å². The fraction of sp³-hybridized carbons (Fsp3) is 0.429. The third-order valence-corrected chi connectivity index (χ3v) is 3.45. The van der Waals surface area contributed by atoms with E-state index < -0.39 is 0 Å². The Bertz CT molecular complexity index is 562. The van der Waals surface area contributed by atoms with E-state index in [4.69, 9.17) is 9.15 Å². The van der Waals surface area contributed by atoms with Gasteiger partial charge in [-0.05, 0) is 24.6 Å². The quantitative estimate of drug-likeness (QED) is 0.914. The maximum atomic E-state index is 5.27. The Labute approximate surface area is 112 Å². The number of hydrogen-bond donors (Lipinski definition) is 1. The monoisotopic (exact) mass is 259 g/mol. The molecule has 2 aromatic rings. The van der Waals surface area contributed by atoms with Crippen LogP contribution < -0.4 is 5.32 Å². The zero-order valence-electron chi connectivity index (χ0n) is 11.1. The molecule has 1 aromatic heterocycles. The van der Waals surface area contributed by atoms with E-state index in [1.165, 1.54) is 12.0 Å². The van der Waals surface area contributed by atoms with Gasteiger partial charge in [0.25, 0.3) is 0 Å². The van der Waals surface area contributed by atoms with Crippen LogP contribution in [-0.2, 0) is 4.74 Å². The molecule has 0 atom stereocenters. The van der Waals surface area contributed by atoms with Gasteiger partial charge < -0.3 is 14.5 Å². The van der Waals surface area contributed by atoms with Crippen LogP contribution in [0.25, 0.3) is 11.5 Å². The van der Waals surface area contributed by atoms with E-state index in [1.807, 2.05) is 12.1 Å². The first kappa shape index (κ1) is 12.2. The summed E-state index contributed by atoms with van der Waals surface area (Å²) in [5, 5.41) is 11.1. The number of rotatable bonds is 4. The lowest BCUT2D eigenvalue weighted by molar-refractivity contribution is -0.0924. The average Bonchev–Trinajstić information content (AvgIpc) is 2.89. The van der Waals surface area contributed by atoms with Crippen molar-refractivity contribution in [2.75, 3.05) is 25.1 Å². The van der Waals surface area contributed by atoms with Crippen molar-refractivity contribution in [3.63, 3.8) is 0 Å². The standard InChI is InChI=1S/C14H17N3O2/c1-10-3-4-11(13-17-16-9-19-13)5-12(10)15-6-14(2)7-18-8-14/h3-5,9,15H,6-8H2,1-2H3. The van der Waals surface area contributed by atoms with E-state index in [9.17, 15) is 0 Å². The number of nitrogens with one attached hydrogen (secondary N) is 1. The van der Waals surface area contributed by atoms with Crippen LogP contribution in [0.2, 0.25) is 0 Å². The maximum Gasteiger partial charge on any atom is 0.247 e. The summed E-state index contributed by atoms with van der Waals surface area (Å²) in [7, 11) is 0. The van der Waals surface area contributed by atoms with Crippen LogP contribution in [0.5, 0.6) is 0 Å². The summed E-state index contributed by atoms with van der Waals surface area (Å²) in [6.45, 7) is 6.85. The van der Waals surface area contributed by atoms with Gasteiger partial charge in [-0.3, -0.25) is 0 Å². The molecule has 1 saturated heterocycles. The molecule has 2 heterocycles. The summed E-state index contributed by atoms with van der Waals surface area (Å²) < 4.78 is 10.5. The predicted molar refractivity (Wildman–Crippen MR) is 71.9 cm³/mol. The number of benzene rings is 1. The third kappa shape index (κ3) is 2.46. The lowest BCUT2D eigenvalue weighted by Gasteiger charge is -2.38. The van der Waals surface area contributed by atoms with Crippen molar-refractivity contribution in [3.8, 4) is 11.5 Å². The van der Waals surface area contributed by atoms with Crippen molar-refractivity contribution in [1.29, 1.82) is 0 Å². The molecule has 100 valence electrons. The van der Waals surface area contributed by atoms with E-state index in [0.29, 0.717) is 5.89 Å². The summed E-state index contributed by atoms with van der Waals surface area (Å²) in [6.07, 6.45) is 1.34. The van der Waals surface area contributed by atoms with Crippen LogP contribution in [0.4, 0.5) is 5.69 Å². The molecule has 0 aliphatic carbocycles. The average molecular weight is 259 g/mol. The number of anilines is 1.